The lowest BCUT2D eigenvalue weighted by Gasteiger charge is -2.14. The Kier molecular flexibility index (Phi) is 5.08. The Labute approximate surface area is 123 Å². The van der Waals surface area contributed by atoms with Crippen molar-refractivity contribution in [3.63, 3.8) is 0 Å². The highest BCUT2D eigenvalue weighted by atomic mass is 35.5. The normalized spacial score (nSPS) is 12.1. The van der Waals surface area contributed by atoms with Crippen molar-refractivity contribution in [1.82, 2.24) is 0 Å². The molecule has 0 bridgehead atoms. The second-order valence-corrected chi connectivity index (χ2v) is 5.78. The first-order valence-corrected chi connectivity index (χ1v) is 7.29. The zero-order valence-electron chi connectivity index (χ0n) is 10.6. The lowest BCUT2D eigenvalue weighted by molar-refractivity contribution is 0.726. The Morgan fingerprint density at radius 3 is 2.53 bits per heavy atom. The molecule has 19 heavy (non-hydrogen) atoms. The van der Waals surface area contributed by atoms with E-state index in [0.717, 1.165) is 21.9 Å². The Morgan fingerprint density at radius 1 is 1.16 bits per heavy atom. The molecule has 0 fully saturated rings. The molecule has 3 heteroatoms. The Morgan fingerprint density at radius 2 is 1.84 bits per heavy atom. The summed E-state index contributed by atoms with van der Waals surface area (Å²) in [5, 5.41) is 0.751. The molecule has 0 saturated carbocycles. The molecule has 2 rings (SSSR count). The maximum atomic E-state index is 6.18. The zero-order chi connectivity index (χ0) is 13.7. The molecule has 0 aliphatic heterocycles. The van der Waals surface area contributed by atoms with Gasteiger partial charge in [0.05, 0.1) is 0 Å². The van der Waals surface area contributed by atoms with Gasteiger partial charge in [-0.3, -0.25) is 0 Å². The summed E-state index contributed by atoms with van der Waals surface area (Å²) in [6.07, 6.45) is 2.63. The van der Waals surface area contributed by atoms with E-state index in [1.165, 1.54) is 4.90 Å². The van der Waals surface area contributed by atoms with Crippen LogP contribution in [0.15, 0.2) is 71.0 Å². The predicted octanol–water partition coefficient (Wildman–Crippen LogP) is 5.07. The third-order valence-corrected chi connectivity index (χ3v) is 4.13. The molecule has 0 unspecified atom stereocenters. The zero-order valence-corrected chi connectivity index (χ0v) is 12.1. The van der Waals surface area contributed by atoms with Gasteiger partial charge in [-0.05, 0) is 42.3 Å². The maximum Gasteiger partial charge on any atom is 0.0406 e. The van der Waals surface area contributed by atoms with Crippen LogP contribution >= 0.6 is 23.4 Å². The topological polar surface area (TPSA) is 26.0 Å². The van der Waals surface area contributed by atoms with Crippen molar-refractivity contribution < 1.29 is 0 Å². The van der Waals surface area contributed by atoms with Crippen LogP contribution < -0.4 is 5.73 Å². The quantitative estimate of drug-likeness (QED) is 0.778. The number of nitrogens with two attached hydrogens (primary N) is 1. The van der Waals surface area contributed by atoms with Crippen molar-refractivity contribution in [1.29, 1.82) is 0 Å². The van der Waals surface area contributed by atoms with Gasteiger partial charge in [0, 0.05) is 20.9 Å². The summed E-state index contributed by atoms with van der Waals surface area (Å²) < 4.78 is 0. The molecular formula is C16H16ClNS. The van der Waals surface area contributed by atoms with Gasteiger partial charge in [0.25, 0.3) is 0 Å². The summed E-state index contributed by atoms with van der Waals surface area (Å²) in [5.41, 5.74) is 7.33. The third kappa shape index (κ3) is 3.87. The number of halogens is 1. The Hall–Kier alpha value is -1.22. The average Bonchev–Trinajstić information content (AvgIpc) is 2.42. The SMILES string of the molecule is C=CC[C@H](N)c1ccccc1Sc1ccc(Cl)cc1. The molecule has 1 atom stereocenters. The van der Waals surface area contributed by atoms with Gasteiger partial charge >= 0.3 is 0 Å². The molecule has 0 aliphatic rings. The molecule has 0 heterocycles. The lowest BCUT2D eigenvalue weighted by Crippen LogP contribution is -2.09. The fourth-order valence-corrected chi connectivity index (χ4v) is 2.95. The van der Waals surface area contributed by atoms with Gasteiger partial charge in [-0.2, -0.15) is 0 Å². The van der Waals surface area contributed by atoms with Crippen LogP contribution in [0.25, 0.3) is 0 Å². The molecule has 1 nitrogen and oxygen atoms in total. The second-order valence-electron chi connectivity index (χ2n) is 4.22. The summed E-state index contributed by atoms with van der Waals surface area (Å²) in [4.78, 5) is 2.34. The molecule has 0 aliphatic carbocycles. The van der Waals surface area contributed by atoms with Gasteiger partial charge in [0.2, 0.25) is 0 Å². The molecule has 2 N–H and O–H groups in total. The summed E-state index contributed by atoms with van der Waals surface area (Å²) in [7, 11) is 0. The lowest BCUT2D eigenvalue weighted by atomic mass is 10.1. The van der Waals surface area contributed by atoms with Crippen molar-refractivity contribution in [2.24, 2.45) is 5.73 Å². The van der Waals surface area contributed by atoms with Crippen LogP contribution in [0.1, 0.15) is 18.0 Å². The number of benzene rings is 2. The molecule has 0 spiro atoms. The van der Waals surface area contributed by atoms with Gasteiger partial charge in [0.1, 0.15) is 0 Å². The van der Waals surface area contributed by atoms with E-state index in [-0.39, 0.29) is 6.04 Å². The van der Waals surface area contributed by atoms with Crippen molar-refractivity contribution in [2.75, 3.05) is 0 Å². The largest absolute Gasteiger partial charge is 0.324 e. The van der Waals surface area contributed by atoms with Crippen LogP contribution in [0.2, 0.25) is 5.02 Å². The first-order valence-electron chi connectivity index (χ1n) is 6.09. The summed E-state index contributed by atoms with van der Waals surface area (Å²) >= 11 is 7.60. The molecule has 2 aromatic carbocycles. The van der Waals surface area contributed by atoms with E-state index in [9.17, 15) is 0 Å². The summed E-state index contributed by atoms with van der Waals surface area (Å²) in [6.45, 7) is 3.75. The monoisotopic (exact) mass is 289 g/mol. The Balaban J connectivity index is 2.24. The van der Waals surface area contributed by atoms with Crippen LogP contribution in [0, 0.1) is 0 Å². The predicted molar refractivity (Wildman–Crippen MR) is 83.8 cm³/mol. The number of hydrogen-bond donors (Lipinski definition) is 1. The third-order valence-electron chi connectivity index (χ3n) is 2.78. The maximum absolute atomic E-state index is 6.18. The van der Waals surface area contributed by atoms with E-state index in [1.807, 2.05) is 42.5 Å². The van der Waals surface area contributed by atoms with Crippen LogP contribution in [0.5, 0.6) is 0 Å². The van der Waals surface area contributed by atoms with Crippen molar-refractivity contribution >= 4 is 23.4 Å². The summed E-state index contributed by atoms with van der Waals surface area (Å²) in [5.74, 6) is 0. The molecule has 0 aromatic heterocycles. The molecule has 0 saturated heterocycles. The van der Waals surface area contributed by atoms with Crippen molar-refractivity contribution in [2.45, 2.75) is 22.3 Å². The average molecular weight is 290 g/mol. The van der Waals surface area contributed by atoms with E-state index >= 15 is 0 Å². The van der Waals surface area contributed by atoms with E-state index in [1.54, 1.807) is 11.8 Å². The Bertz CT molecular complexity index is 551. The first kappa shape index (κ1) is 14.2. The van der Waals surface area contributed by atoms with Crippen LogP contribution in [-0.2, 0) is 0 Å². The second kappa shape index (κ2) is 6.80. The number of rotatable bonds is 5. The summed E-state index contributed by atoms with van der Waals surface area (Å²) in [6, 6.07) is 16.0. The highest BCUT2D eigenvalue weighted by molar-refractivity contribution is 7.99. The first-order chi connectivity index (χ1) is 9.20. The highest BCUT2D eigenvalue weighted by Gasteiger charge is 2.10. The van der Waals surface area contributed by atoms with Crippen LogP contribution in [0.4, 0.5) is 0 Å². The van der Waals surface area contributed by atoms with Gasteiger partial charge < -0.3 is 5.73 Å². The minimum Gasteiger partial charge on any atom is -0.324 e. The molecule has 0 amide bonds. The van der Waals surface area contributed by atoms with Gasteiger partial charge in [-0.15, -0.1) is 6.58 Å². The van der Waals surface area contributed by atoms with Crippen molar-refractivity contribution in [3.8, 4) is 0 Å². The molecule has 0 radical (unpaired) electrons. The van der Waals surface area contributed by atoms with E-state index in [4.69, 9.17) is 17.3 Å². The minimum atomic E-state index is -0.00602. The van der Waals surface area contributed by atoms with Gasteiger partial charge in [-0.1, -0.05) is 47.6 Å². The van der Waals surface area contributed by atoms with Gasteiger partial charge in [0.15, 0.2) is 0 Å². The van der Waals surface area contributed by atoms with E-state index in [0.29, 0.717) is 0 Å². The smallest absolute Gasteiger partial charge is 0.0406 e. The molecule has 2 aromatic rings. The van der Waals surface area contributed by atoms with Crippen LogP contribution in [0.3, 0.4) is 0 Å². The fourth-order valence-electron chi connectivity index (χ4n) is 1.82. The van der Waals surface area contributed by atoms with E-state index in [2.05, 4.69) is 18.7 Å². The van der Waals surface area contributed by atoms with Gasteiger partial charge in [-0.25, -0.2) is 0 Å². The number of hydrogen-bond acceptors (Lipinski definition) is 2. The minimum absolute atomic E-state index is 0.00602. The van der Waals surface area contributed by atoms with E-state index < -0.39 is 0 Å². The molecular weight excluding hydrogens is 274 g/mol. The van der Waals surface area contributed by atoms with Crippen molar-refractivity contribution in [3.05, 3.63) is 71.8 Å². The fraction of sp³-hybridized carbons (Fsp3) is 0.125. The highest BCUT2D eigenvalue weighted by Crippen LogP contribution is 2.34. The molecule has 98 valence electrons. The standard InChI is InChI=1S/C16H16ClNS/c1-2-5-15(18)14-6-3-4-7-16(14)19-13-10-8-12(17)9-11-13/h2-4,6-11,15H,1,5,18H2/t15-/m0/s1. The van der Waals surface area contributed by atoms with Crippen LogP contribution in [-0.4, -0.2) is 0 Å².